The van der Waals surface area contributed by atoms with Crippen molar-refractivity contribution < 1.29 is 25.6 Å². The van der Waals surface area contributed by atoms with E-state index in [0.29, 0.717) is 0 Å². The predicted molar refractivity (Wildman–Crippen MR) is 133 cm³/mol. The van der Waals surface area contributed by atoms with Gasteiger partial charge in [0.05, 0.1) is 0 Å². The summed E-state index contributed by atoms with van der Waals surface area (Å²) in [5, 5.41) is 9.02. The van der Waals surface area contributed by atoms with Crippen LogP contribution in [0.25, 0.3) is 10.6 Å². The largest absolute Gasteiger partial charge is 3.00 e. The Hall–Kier alpha value is -1.03. The first-order valence-electron chi connectivity index (χ1n) is 10.7. The molecule has 4 heteroatoms. The van der Waals surface area contributed by atoms with E-state index in [4.69, 9.17) is 0 Å². The molecule has 0 bridgehead atoms. The Morgan fingerprint density at radius 2 is 0.774 bits per heavy atom. The maximum absolute atomic E-state index is 4.51. The molecule has 0 amide bonds. The molecule has 1 fully saturated rings. The van der Waals surface area contributed by atoms with Crippen LogP contribution in [0.2, 0.25) is 0 Å². The van der Waals surface area contributed by atoms with Crippen LogP contribution in [0.3, 0.4) is 0 Å². The fourth-order valence-electron chi connectivity index (χ4n) is 4.64. The molecule has 3 rings (SSSR count). The molecule has 2 aromatic rings. The van der Waals surface area contributed by atoms with E-state index in [1.165, 1.54) is 11.1 Å². The second-order valence-electron chi connectivity index (χ2n) is 8.52. The third-order valence-corrected chi connectivity index (χ3v) is 7.28. The molecule has 0 aromatic heterocycles. The first-order valence-corrected chi connectivity index (χ1v) is 10.7. The Bertz CT molecular complexity index is 592. The van der Waals surface area contributed by atoms with Crippen LogP contribution in [0.5, 0.6) is 0 Å². The zero-order valence-corrected chi connectivity index (χ0v) is 22.9. The van der Waals surface area contributed by atoms with E-state index in [9.17, 15) is 0 Å². The molecule has 176 valence electrons. The van der Waals surface area contributed by atoms with Crippen LogP contribution in [0.15, 0.2) is 60.7 Å². The Labute approximate surface area is 205 Å². The molecule has 0 saturated heterocycles. The SMILES string of the molecule is CC1C(C)C(C)C(C)C1C.C[N-][C@H](c1ccccc1)[C@H]([N-]C)c1ccccc1.O.[CH3-].[Ir+3]. The number of likely N-dealkylation sites (N-methyl/N-ethyl adjacent to an activating group) is 2. The summed E-state index contributed by atoms with van der Waals surface area (Å²) in [7, 11) is 3.72. The van der Waals surface area contributed by atoms with Crippen molar-refractivity contribution in [3.05, 3.63) is 89.9 Å². The van der Waals surface area contributed by atoms with Crippen molar-refractivity contribution in [1.82, 2.24) is 0 Å². The second-order valence-corrected chi connectivity index (χ2v) is 8.52. The van der Waals surface area contributed by atoms with E-state index < -0.39 is 0 Å². The van der Waals surface area contributed by atoms with Crippen LogP contribution in [0, 0.1) is 37.0 Å². The number of benzene rings is 2. The quantitative estimate of drug-likeness (QED) is 0.323. The molecular formula is C27H43IrN2O. The Morgan fingerprint density at radius 3 is 0.968 bits per heavy atom. The average molecular weight is 604 g/mol. The van der Waals surface area contributed by atoms with Gasteiger partial charge in [0.1, 0.15) is 0 Å². The van der Waals surface area contributed by atoms with Crippen molar-refractivity contribution in [2.45, 2.75) is 46.7 Å². The molecule has 2 N–H and O–H groups in total. The molecule has 1 saturated carbocycles. The summed E-state index contributed by atoms with van der Waals surface area (Å²) in [6.07, 6.45) is 0. The number of hydrogen-bond donors (Lipinski definition) is 0. The predicted octanol–water partition coefficient (Wildman–Crippen LogP) is 7.28. The molecule has 3 nitrogen and oxygen atoms in total. The van der Waals surface area contributed by atoms with Gasteiger partial charge in [-0.2, -0.15) is 14.1 Å². The van der Waals surface area contributed by atoms with Crippen LogP contribution in [-0.2, 0) is 20.1 Å². The van der Waals surface area contributed by atoms with E-state index >= 15 is 0 Å². The van der Waals surface area contributed by atoms with Crippen molar-refractivity contribution in [3.63, 3.8) is 0 Å². The van der Waals surface area contributed by atoms with Gasteiger partial charge in [-0.05, 0) is 29.6 Å². The van der Waals surface area contributed by atoms with Gasteiger partial charge in [-0.25, -0.2) is 0 Å². The number of hydrogen-bond acceptors (Lipinski definition) is 0. The number of nitrogens with zero attached hydrogens (tertiary/aromatic N) is 2. The van der Waals surface area contributed by atoms with Gasteiger partial charge in [0.15, 0.2) is 0 Å². The van der Waals surface area contributed by atoms with Crippen molar-refractivity contribution in [1.29, 1.82) is 0 Å². The van der Waals surface area contributed by atoms with E-state index in [0.717, 1.165) is 29.6 Å². The second kappa shape index (κ2) is 15.7. The first kappa shape index (κ1) is 32.2. The van der Waals surface area contributed by atoms with E-state index in [2.05, 4.69) is 69.5 Å². The zero-order valence-electron chi connectivity index (χ0n) is 20.5. The Balaban J connectivity index is 0. The van der Waals surface area contributed by atoms with E-state index in [-0.39, 0.29) is 45.1 Å². The van der Waals surface area contributed by atoms with Gasteiger partial charge in [0.2, 0.25) is 0 Å². The molecule has 1 aliphatic carbocycles. The molecule has 0 unspecified atom stereocenters. The van der Waals surface area contributed by atoms with Gasteiger partial charge in [-0.15, -0.1) is 12.1 Å². The number of rotatable bonds is 5. The van der Waals surface area contributed by atoms with Crippen molar-refractivity contribution in [3.8, 4) is 0 Å². The molecule has 1 aliphatic rings. The van der Waals surface area contributed by atoms with Gasteiger partial charge in [0.25, 0.3) is 0 Å². The Morgan fingerprint density at radius 1 is 0.548 bits per heavy atom. The standard InChI is InChI=1S/C16H18N2.C10H20.CH3.Ir.H2O/c1-17-15(13-9-5-3-6-10-13)16(18-2)14-11-7-4-8-12-14;1-6-7(2)9(4)10(5)8(6)3;;;/h3-12,15-16H,1-2H3;6-10H,1-5H3;1H3;;1H2/q-2;;-1;+3;/t15-,16-;;;;/m1..../s1. The van der Waals surface area contributed by atoms with Gasteiger partial charge in [0, 0.05) is 0 Å². The average Bonchev–Trinajstić information content (AvgIpc) is 2.91. The summed E-state index contributed by atoms with van der Waals surface area (Å²) < 4.78 is 0. The molecule has 2 aromatic carbocycles. The smallest absolute Gasteiger partial charge is 0.659 e. The van der Waals surface area contributed by atoms with Crippen LogP contribution in [0.1, 0.15) is 57.8 Å². The molecular weight excluding hydrogens is 561 g/mol. The van der Waals surface area contributed by atoms with Crippen molar-refractivity contribution >= 4 is 0 Å². The third-order valence-electron chi connectivity index (χ3n) is 7.28. The van der Waals surface area contributed by atoms with E-state index in [1.807, 2.05) is 50.5 Å². The normalized spacial score (nSPS) is 26.1. The molecule has 0 aliphatic heterocycles. The van der Waals surface area contributed by atoms with Crippen molar-refractivity contribution in [2.75, 3.05) is 14.1 Å². The summed E-state index contributed by atoms with van der Waals surface area (Å²) in [6.45, 7) is 12.0. The van der Waals surface area contributed by atoms with Crippen LogP contribution < -0.4 is 0 Å². The van der Waals surface area contributed by atoms with Gasteiger partial charge < -0.3 is 23.5 Å². The summed E-state index contributed by atoms with van der Waals surface area (Å²) >= 11 is 0. The summed E-state index contributed by atoms with van der Waals surface area (Å²) in [4.78, 5) is 0. The molecule has 0 radical (unpaired) electrons. The molecule has 31 heavy (non-hydrogen) atoms. The fourth-order valence-corrected chi connectivity index (χ4v) is 4.64. The monoisotopic (exact) mass is 604 g/mol. The third kappa shape index (κ3) is 8.11. The zero-order chi connectivity index (χ0) is 20.7. The summed E-state index contributed by atoms with van der Waals surface area (Å²) in [5.41, 5.74) is 2.42. The summed E-state index contributed by atoms with van der Waals surface area (Å²) in [6, 6.07) is 20.8. The Kier molecular flexibility index (Phi) is 16.3. The van der Waals surface area contributed by atoms with Gasteiger partial charge in [-0.1, -0.05) is 106 Å². The maximum atomic E-state index is 4.51. The maximum Gasteiger partial charge on any atom is 3.00 e. The van der Waals surface area contributed by atoms with Gasteiger partial charge >= 0.3 is 20.1 Å². The minimum Gasteiger partial charge on any atom is -0.659 e. The molecule has 2 atom stereocenters. The van der Waals surface area contributed by atoms with Crippen molar-refractivity contribution in [2.24, 2.45) is 29.6 Å². The topological polar surface area (TPSA) is 59.7 Å². The van der Waals surface area contributed by atoms with Crippen LogP contribution in [0.4, 0.5) is 0 Å². The molecule has 0 heterocycles. The molecule has 0 spiro atoms. The minimum atomic E-state index is 0. The minimum absolute atomic E-state index is 0. The van der Waals surface area contributed by atoms with Gasteiger partial charge in [-0.3, -0.25) is 0 Å². The summed E-state index contributed by atoms with van der Waals surface area (Å²) in [5.74, 6) is 4.68. The van der Waals surface area contributed by atoms with Crippen LogP contribution >= 0.6 is 0 Å². The first-order chi connectivity index (χ1) is 13.4. The van der Waals surface area contributed by atoms with E-state index in [1.54, 1.807) is 0 Å². The van der Waals surface area contributed by atoms with Crippen LogP contribution in [-0.4, -0.2) is 19.6 Å². The fraction of sp³-hybridized carbons (Fsp3) is 0.519.